The Hall–Kier alpha value is -0.466. The number of ether oxygens (including phenoxy) is 2. The summed E-state index contributed by atoms with van der Waals surface area (Å²) in [5.74, 6) is -0.511. The molecule has 0 radical (unpaired) electrons. The molecule has 1 aromatic rings. The van der Waals surface area contributed by atoms with E-state index in [-0.39, 0.29) is 5.60 Å². The van der Waals surface area contributed by atoms with E-state index >= 15 is 0 Å². The van der Waals surface area contributed by atoms with Crippen LogP contribution < -0.4 is 0 Å². The highest BCUT2D eigenvalue weighted by Crippen LogP contribution is 2.47. The summed E-state index contributed by atoms with van der Waals surface area (Å²) in [6.45, 7) is 19.3. The zero-order valence-corrected chi connectivity index (χ0v) is 25.0. The Labute approximate surface area is 207 Å². The van der Waals surface area contributed by atoms with Gasteiger partial charge in [0.05, 0.1) is 26.0 Å². The third-order valence-electron chi connectivity index (χ3n) is 6.67. The van der Waals surface area contributed by atoms with E-state index < -0.39 is 22.2 Å². The van der Waals surface area contributed by atoms with Gasteiger partial charge in [-0.1, -0.05) is 95.4 Å². The van der Waals surface area contributed by atoms with Crippen molar-refractivity contribution < 1.29 is 13.9 Å². The highest BCUT2D eigenvalue weighted by molar-refractivity contribution is 6.78. The molecule has 3 unspecified atom stereocenters. The van der Waals surface area contributed by atoms with Crippen molar-refractivity contribution in [2.45, 2.75) is 141 Å². The van der Waals surface area contributed by atoms with Crippen molar-refractivity contribution in [2.75, 3.05) is 0 Å². The lowest BCUT2D eigenvalue weighted by atomic mass is 9.96. The highest BCUT2D eigenvalue weighted by Gasteiger charge is 2.58. The van der Waals surface area contributed by atoms with Crippen LogP contribution in [-0.2, 0) is 20.5 Å². The van der Waals surface area contributed by atoms with E-state index in [0.717, 1.165) is 19.3 Å². The van der Waals surface area contributed by atoms with Crippen LogP contribution in [0.25, 0.3) is 0 Å². The van der Waals surface area contributed by atoms with E-state index in [2.05, 4.69) is 83.5 Å². The lowest BCUT2D eigenvalue weighted by Crippen LogP contribution is -2.46. The zero-order valence-electron chi connectivity index (χ0n) is 23.0. The van der Waals surface area contributed by atoms with Crippen molar-refractivity contribution in [1.82, 2.24) is 0 Å². The number of unbranched alkanes of at least 4 members (excludes halogenated alkanes) is 6. The molecule has 3 atom stereocenters. The van der Waals surface area contributed by atoms with Crippen molar-refractivity contribution in [3.05, 3.63) is 35.9 Å². The molecule has 5 heteroatoms. The number of hydrogen-bond donors (Lipinski definition) is 0. The van der Waals surface area contributed by atoms with Gasteiger partial charge in [-0.05, 0) is 45.0 Å². The van der Waals surface area contributed by atoms with Crippen LogP contribution in [0.2, 0.25) is 39.3 Å². The van der Waals surface area contributed by atoms with Gasteiger partial charge in [0, 0.05) is 12.8 Å². The zero-order chi connectivity index (χ0) is 24.6. The van der Waals surface area contributed by atoms with Gasteiger partial charge in [0.2, 0.25) is 0 Å². The fraction of sp³-hybridized carbons (Fsp3) is 0.786. The molecule has 0 N–H and O–H groups in total. The van der Waals surface area contributed by atoms with Gasteiger partial charge in [-0.15, -0.1) is 0 Å². The molecule has 0 aromatic heterocycles. The molecule has 0 saturated carbocycles. The molecule has 1 aromatic carbocycles. The molecule has 2 rings (SSSR count). The van der Waals surface area contributed by atoms with Crippen LogP contribution in [0.3, 0.4) is 0 Å². The first-order valence-corrected chi connectivity index (χ1v) is 20.4. The summed E-state index contributed by atoms with van der Waals surface area (Å²) in [7, 11) is -3.12. The molecule has 0 spiro atoms. The first-order chi connectivity index (χ1) is 15.4. The lowest BCUT2D eigenvalue weighted by Gasteiger charge is -2.40. The van der Waals surface area contributed by atoms with Gasteiger partial charge < -0.3 is 13.9 Å². The Bertz CT molecular complexity index is 683. The standard InChI is InChI=1S/C28H52O3Si2/c1-9-10-11-12-13-14-18-21-28(31-33(6,7)8,29-24-25-19-16-15-17-20-25)23-22-27(2)26(30-27)32(3,4)5/h15-17,19-20,26H,9-14,18,21-24H2,1-8H3. The van der Waals surface area contributed by atoms with Crippen molar-refractivity contribution in [2.24, 2.45) is 0 Å². The van der Waals surface area contributed by atoms with Gasteiger partial charge in [0.25, 0.3) is 0 Å². The summed E-state index contributed by atoms with van der Waals surface area (Å²) >= 11 is 0. The van der Waals surface area contributed by atoms with Crippen molar-refractivity contribution in [1.29, 1.82) is 0 Å². The normalized spacial score (nSPS) is 22.8. The molecule has 3 nitrogen and oxygen atoms in total. The molecule has 190 valence electrons. The summed E-state index contributed by atoms with van der Waals surface area (Å²) in [6.07, 6.45) is 12.0. The van der Waals surface area contributed by atoms with Crippen molar-refractivity contribution >= 4 is 16.4 Å². The molecule has 1 aliphatic rings. The van der Waals surface area contributed by atoms with Gasteiger partial charge >= 0.3 is 0 Å². The highest BCUT2D eigenvalue weighted by atomic mass is 28.4. The van der Waals surface area contributed by atoms with Crippen LogP contribution in [0, 0.1) is 0 Å². The minimum Gasteiger partial charge on any atom is -0.391 e. The third kappa shape index (κ3) is 10.4. The molecule has 33 heavy (non-hydrogen) atoms. The fourth-order valence-electron chi connectivity index (χ4n) is 5.06. The minimum absolute atomic E-state index is 0.00518. The van der Waals surface area contributed by atoms with Crippen LogP contribution in [0.4, 0.5) is 0 Å². The van der Waals surface area contributed by atoms with E-state index in [1.54, 1.807) is 0 Å². The quantitative estimate of drug-likeness (QED) is 0.0942. The molecule has 1 aliphatic heterocycles. The predicted octanol–water partition coefficient (Wildman–Crippen LogP) is 8.71. The van der Waals surface area contributed by atoms with E-state index in [4.69, 9.17) is 13.9 Å². The Balaban J connectivity index is 2.08. The van der Waals surface area contributed by atoms with Crippen LogP contribution >= 0.6 is 0 Å². The second kappa shape index (κ2) is 12.5. The number of benzene rings is 1. The SMILES string of the molecule is CCCCCCCCCC(CCC1(C)OC1[Si](C)(C)C)(OCc1ccccc1)O[Si](C)(C)C. The van der Waals surface area contributed by atoms with Gasteiger partial charge in [0.1, 0.15) is 0 Å². The van der Waals surface area contributed by atoms with Gasteiger partial charge in [-0.3, -0.25) is 0 Å². The van der Waals surface area contributed by atoms with Crippen molar-refractivity contribution in [3.8, 4) is 0 Å². The summed E-state index contributed by atoms with van der Waals surface area (Å²) in [6, 6.07) is 10.6. The van der Waals surface area contributed by atoms with Crippen LogP contribution in [0.5, 0.6) is 0 Å². The Morgan fingerprint density at radius 3 is 2.03 bits per heavy atom. The first-order valence-electron chi connectivity index (χ1n) is 13.5. The van der Waals surface area contributed by atoms with Gasteiger partial charge in [-0.2, -0.15) is 0 Å². The fourth-order valence-corrected chi connectivity index (χ4v) is 9.03. The average Bonchev–Trinajstić information content (AvgIpc) is 3.43. The first kappa shape index (κ1) is 28.8. The number of hydrogen-bond acceptors (Lipinski definition) is 3. The molecule has 0 aliphatic carbocycles. The number of epoxide rings is 1. The minimum atomic E-state index is -1.80. The van der Waals surface area contributed by atoms with E-state index in [1.165, 1.54) is 50.5 Å². The summed E-state index contributed by atoms with van der Waals surface area (Å²) in [5, 5.41) is 0. The van der Waals surface area contributed by atoms with E-state index in [9.17, 15) is 0 Å². The van der Waals surface area contributed by atoms with Gasteiger partial charge in [0.15, 0.2) is 14.1 Å². The predicted molar refractivity (Wildman–Crippen MR) is 147 cm³/mol. The van der Waals surface area contributed by atoms with Crippen LogP contribution in [0.15, 0.2) is 30.3 Å². The molecular formula is C28H52O3Si2. The second-order valence-corrected chi connectivity index (χ2v) is 22.1. The van der Waals surface area contributed by atoms with Gasteiger partial charge in [-0.25, -0.2) is 0 Å². The largest absolute Gasteiger partial charge is 0.391 e. The van der Waals surface area contributed by atoms with Crippen LogP contribution in [-0.4, -0.2) is 33.5 Å². The Morgan fingerprint density at radius 1 is 0.879 bits per heavy atom. The number of rotatable bonds is 17. The monoisotopic (exact) mass is 492 g/mol. The maximum absolute atomic E-state index is 6.91. The topological polar surface area (TPSA) is 31.0 Å². The molecule has 1 heterocycles. The van der Waals surface area contributed by atoms with E-state index in [0.29, 0.717) is 12.3 Å². The molecule has 0 amide bonds. The smallest absolute Gasteiger partial charge is 0.187 e. The lowest BCUT2D eigenvalue weighted by molar-refractivity contribution is -0.208. The molecule has 1 fully saturated rings. The average molecular weight is 493 g/mol. The summed E-state index contributed by atoms with van der Waals surface area (Å²) in [5.41, 5.74) is 1.66. The maximum Gasteiger partial charge on any atom is 0.187 e. The third-order valence-corrected chi connectivity index (χ3v) is 9.96. The molecular weight excluding hydrogens is 440 g/mol. The van der Waals surface area contributed by atoms with Crippen LogP contribution in [0.1, 0.15) is 83.6 Å². The molecule has 1 saturated heterocycles. The summed E-state index contributed by atoms with van der Waals surface area (Å²) < 4.78 is 20.0. The van der Waals surface area contributed by atoms with E-state index in [1.807, 2.05) is 0 Å². The summed E-state index contributed by atoms with van der Waals surface area (Å²) in [4.78, 5) is 0. The Kier molecular flexibility index (Phi) is 10.9. The Morgan fingerprint density at radius 2 is 1.48 bits per heavy atom. The molecule has 0 bridgehead atoms. The van der Waals surface area contributed by atoms with Crippen molar-refractivity contribution in [3.63, 3.8) is 0 Å². The maximum atomic E-state index is 6.91. The second-order valence-electron chi connectivity index (χ2n) is 12.4.